The third-order valence-electron chi connectivity index (χ3n) is 6.15. The summed E-state index contributed by atoms with van der Waals surface area (Å²) in [5, 5.41) is 3.51. The van der Waals surface area contributed by atoms with E-state index in [1.807, 2.05) is 71.6 Å². The van der Waals surface area contributed by atoms with Crippen molar-refractivity contribution in [2.24, 2.45) is 0 Å². The lowest BCUT2D eigenvalue weighted by atomic mass is 9.87. The van der Waals surface area contributed by atoms with Crippen molar-refractivity contribution in [2.75, 3.05) is 36.4 Å². The lowest BCUT2D eigenvalue weighted by molar-refractivity contribution is 0.0746. The van der Waals surface area contributed by atoms with Crippen LogP contribution in [-0.4, -0.2) is 42.9 Å². The van der Waals surface area contributed by atoms with Crippen molar-refractivity contribution in [2.45, 2.75) is 26.2 Å². The van der Waals surface area contributed by atoms with Gasteiger partial charge in [-0.05, 0) is 53.4 Å². The van der Waals surface area contributed by atoms with E-state index in [2.05, 4.69) is 31.0 Å². The van der Waals surface area contributed by atoms with Gasteiger partial charge in [-0.3, -0.25) is 9.59 Å². The van der Waals surface area contributed by atoms with Crippen molar-refractivity contribution in [3.05, 3.63) is 94.5 Å². The van der Waals surface area contributed by atoms with Gasteiger partial charge in [-0.25, -0.2) is 0 Å². The van der Waals surface area contributed by atoms with Crippen LogP contribution in [0.2, 0.25) is 5.02 Å². The maximum absolute atomic E-state index is 12.7. The maximum Gasteiger partial charge on any atom is 0.255 e. The van der Waals surface area contributed by atoms with Crippen LogP contribution in [0.1, 0.15) is 47.1 Å². The molecule has 1 aliphatic heterocycles. The normalized spacial score (nSPS) is 14.1. The molecule has 4 rings (SSSR count). The van der Waals surface area contributed by atoms with Crippen LogP contribution >= 0.6 is 11.6 Å². The lowest BCUT2D eigenvalue weighted by Gasteiger charge is -2.36. The molecule has 5 nitrogen and oxygen atoms in total. The highest BCUT2D eigenvalue weighted by molar-refractivity contribution is 6.33. The molecular formula is C28H30ClN3O2. The Kier molecular flexibility index (Phi) is 6.94. The van der Waals surface area contributed by atoms with Crippen LogP contribution in [0.15, 0.2) is 72.8 Å². The fraction of sp³-hybridized carbons (Fsp3) is 0.286. The molecule has 3 aromatic rings. The molecule has 3 aromatic carbocycles. The van der Waals surface area contributed by atoms with E-state index >= 15 is 0 Å². The van der Waals surface area contributed by atoms with Crippen LogP contribution in [0.4, 0.5) is 11.4 Å². The van der Waals surface area contributed by atoms with Gasteiger partial charge < -0.3 is 15.1 Å². The minimum Gasteiger partial charge on any atom is -0.367 e. The Balaban J connectivity index is 1.37. The highest BCUT2D eigenvalue weighted by atomic mass is 35.5. The molecule has 0 atom stereocenters. The van der Waals surface area contributed by atoms with Gasteiger partial charge in [-0.1, -0.05) is 62.7 Å². The Morgan fingerprint density at radius 2 is 1.47 bits per heavy atom. The van der Waals surface area contributed by atoms with Gasteiger partial charge in [-0.15, -0.1) is 0 Å². The molecule has 1 fully saturated rings. The first kappa shape index (κ1) is 23.8. The number of carbonyl (C=O) groups is 2. The molecule has 2 amide bonds. The molecule has 0 aliphatic carbocycles. The van der Waals surface area contributed by atoms with Crippen LogP contribution in [-0.2, 0) is 5.41 Å². The zero-order chi connectivity index (χ0) is 24.3. The van der Waals surface area contributed by atoms with Crippen LogP contribution in [0.3, 0.4) is 0 Å². The number of piperazine rings is 1. The summed E-state index contributed by atoms with van der Waals surface area (Å²) in [6, 6.07) is 22.6. The quantitative estimate of drug-likeness (QED) is 0.514. The zero-order valence-corrected chi connectivity index (χ0v) is 20.6. The standard InChI is InChI=1S/C28H30ClN3O2/c1-28(2,3)22-11-9-20(10-12-22)26(33)30-23-13-14-25(24(29)19-23)31-15-17-32(18-16-31)27(34)21-7-5-4-6-8-21/h4-14,19H,15-18H2,1-3H3,(H,30,33). The molecule has 0 radical (unpaired) electrons. The molecule has 6 heteroatoms. The SMILES string of the molecule is CC(C)(C)c1ccc(C(=O)Nc2ccc(N3CCN(C(=O)c4ccccc4)CC3)c(Cl)c2)cc1. The summed E-state index contributed by atoms with van der Waals surface area (Å²) in [5.74, 6) is -0.114. The third-order valence-corrected chi connectivity index (χ3v) is 6.45. The van der Waals surface area contributed by atoms with E-state index in [1.54, 1.807) is 6.07 Å². The van der Waals surface area contributed by atoms with Crippen molar-refractivity contribution in [1.82, 2.24) is 4.90 Å². The fourth-order valence-electron chi connectivity index (χ4n) is 4.08. The first-order valence-corrected chi connectivity index (χ1v) is 11.9. The molecule has 0 spiro atoms. The van der Waals surface area contributed by atoms with Gasteiger partial charge >= 0.3 is 0 Å². The van der Waals surface area contributed by atoms with Crippen molar-refractivity contribution >= 4 is 34.8 Å². The average molecular weight is 476 g/mol. The van der Waals surface area contributed by atoms with E-state index in [1.165, 1.54) is 5.56 Å². The van der Waals surface area contributed by atoms with Crippen LogP contribution in [0, 0.1) is 0 Å². The first-order chi connectivity index (χ1) is 16.2. The minimum atomic E-state index is -0.169. The Morgan fingerprint density at radius 1 is 0.824 bits per heavy atom. The van der Waals surface area contributed by atoms with Crippen molar-refractivity contribution < 1.29 is 9.59 Å². The number of rotatable bonds is 4. The lowest BCUT2D eigenvalue weighted by Crippen LogP contribution is -2.48. The van der Waals surface area contributed by atoms with E-state index in [9.17, 15) is 9.59 Å². The second-order valence-electron chi connectivity index (χ2n) is 9.59. The van der Waals surface area contributed by atoms with Crippen LogP contribution < -0.4 is 10.2 Å². The van der Waals surface area contributed by atoms with Gasteiger partial charge in [0.05, 0.1) is 10.7 Å². The van der Waals surface area contributed by atoms with Gasteiger partial charge in [0.1, 0.15) is 0 Å². The summed E-state index contributed by atoms with van der Waals surface area (Å²) < 4.78 is 0. The van der Waals surface area contributed by atoms with Crippen LogP contribution in [0.25, 0.3) is 0 Å². The number of hydrogen-bond acceptors (Lipinski definition) is 3. The Hall–Kier alpha value is -3.31. The second-order valence-corrected chi connectivity index (χ2v) is 10.0. The molecule has 176 valence electrons. The van der Waals surface area contributed by atoms with Gasteiger partial charge in [0.15, 0.2) is 0 Å². The Labute approximate surface area is 206 Å². The summed E-state index contributed by atoms with van der Waals surface area (Å²) in [6.45, 7) is 9.10. The molecule has 1 aliphatic rings. The van der Waals surface area contributed by atoms with E-state index in [0.717, 1.165) is 5.69 Å². The third kappa shape index (κ3) is 5.42. The number of nitrogens with zero attached hydrogens (tertiary/aromatic N) is 2. The van der Waals surface area contributed by atoms with Gasteiger partial charge in [-0.2, -0.15) is 0 Å². The molecule has 0 unspecified atom stereocenters. The minimum absolute atomic E-state index is 0.0404. The average Bonchev–Trinajstić information content (AvgIpc) is 2.84. The van der Waals surface area contributed by atoms with E-state index in [-0.39, 0.29) is 17.2 Å². The van der Waals surface area contributed by atoms with Gasteiger partial charge in [0, 0.05) is 43.0 Å². The molecule has 1 saturated heterocycles. The summed E-state index contributed by atoms with van der Waals surface area (Å²) in [7, 11) is 0. The monoisotopic (exact) mass is 475 g/mol. The predicted octanol–water partition coefficient (Wildman–Crippen LogP) is 5.85. The second kappa shape index (κ2) is 9.90. The molecular weight excluding hydrogens is 446 g/mol. The summed E-state index contributed by atoms with van der Waals surface area (Å²) in [4.78, 5) is 29.4. The highest BCUT2D eigenvalue weighted by Gasteiger charge is 2.23. The fourth-order valence-corrected chi connectivity index (χ4v) is 4.38. The number of halogens is 1. The topological polar surface area (TPSA) is 52.7 Å². The number of nitrogens with one attached hydrogen (secondary N) is 1. The molecule has 0 aromatic heterocycles. The number of hydrogen-bond donors (Lipinski definition) is 1. The first-order valence-electron chi connectivity index (χ1n) is 11.5. The summed E-state index contributed by atoms with van der Waals surface area (Å²) >= 11 is 6.58. The Bertz CT molecular complexity index is 1160. The van der Waals surface area contributed by atoms with Crippen molar-refractivity contribution in [1.29, 1.82) is 0 Å². The number of carbonyl (C=O) groups excluding carboxylic acids is 2. The maximum atomic E-state index is 12.7. The highest BCUT2D eigenvalue weighted by Crippen LogP contribution is 2.30. The van der Waals surface area contributed by atoms with Crippen molar-refractivity contribution in [3.63, 3.8) is 0 Å². The van der Waals surface area contributed by atoms with Crippen LogP contribution in [0.5, 0.6) is 0 Å². The zero-order valence-electron chi connectivity index (χ0n) is 19.8. The largest absolute Gasteiger partial charge is 0.367 e. The van der Waals surface area contributed by atoms with Gasteiger partial charge in [0.2, 0.25) is 0 Å². The molecule has 1 heterocycles. The number of benzene rings is 3. The molecule has 0 bridgehead atoms. The molecule has 1 N–H and O–H groups in total. The predicted molar refractivity (Wildman–Crippen MR) is 139 cm³/mol. The summed E-state index contributed by atoms with van der Waals surface area (Å²) in [6.07, 6.45) is 0. The Morgan fingerprint density at radius 3 is 2.06 bits per heavy atom. The smallest absolute Gasteiger partial charge is 0.255 e. The van der Waals surface area contributed by atoms with E-state index < -0.39 is 0 Å². The van der Waals surface area contributed by atoms with Gasteiger partial charge in [0.25, 0.3) is 11.8 Å². The summed E-state index contributed by atoms with van der Waals surface area (Å²) in [5.41, 5.74) is 4.09. The van der Waals surface area contributed by atoms with Crippen molar-refractivity contribution in [3.8, 4) is 0 Å². The molecule has 34 heavy (non-hydrogen) atoms. The molecule has 0 saturated carbocycles. The van der Waals surface area contributed by atoms with E-state index in [4.69, 9.17) is 11.6 Å². The number of amides is 2. The van der Waals surface area contributed by atoms with E-state index in [0.29, 0.717) is 48.0 Å². The number of anilines is 2.